The number of rotatable bonds is 8. The molecule has 0 aliphatic heterocycles. The lowest BCUT2D eigenvalue weighted by atomic mass is 9.95. The first kappa shape index (κ1) is 14.9. The molecule has 0 amide bonds. The lowest BCUT2D eigenvalue weighted by Gasteiger charge is -2.29. The maximum Gasteiger partial charge on any atom is 0.0898 e. The predicted octanol–water partition coefficient (Wildman–Crippen LogP) is 1.94. The lowest BCUT2D eigenvalue weighted by molar-refractivity contribution is 0.00348. The summed E-state index contributed by atoms with van der Waals surface area (Å²) in [6.07, 6.45) is 1.91. The van der Waals surface area contributed by atoms with Crippen LogP contribution in [0.25, 0.3) is 0 Å². The topological polar surface area (TPSA) is 41.5 Å². The van der Waals surface area contributed by atoms with Crippen molar-refractivity contribution in [3.05, 3.63) is 0 Å². The second-order valence-corrected chi connectivity index (χ2v) is 4.68. The van der Waals surface area contributed by atoms with Gasteiger partial charge in [0.05, 0.1) is 18.8 Å². The fourth-order valence-corrected chi connectivity index (χ4v) is 1.23. The van der Waals surface area contributed by atoms with E-state index in [0.717, 1.165) is 12.8 Å². The van der Waals surface area contributed by atoms with Crippen molar-refractivity contribution in [3.8, 4) is 0 Å². The summed E-state index contributed by atoms with van der Waals surface area (Å²) in [4.78, 5) is 0. The van der Waals surface area contributed by atoms with Crippen LogP contribution in [0.2, 0.25) is 0 Å². The molecule has 0 heterocycles. The van der Waals surface area contributed by atoms with Gasteiger partial charge in [0.25, 0.3) is 0 Å². The molecule has 0 saturated carbocycles. The zero-order valence-electron chi connectivity index (χ0n) is 10.8. The predicted molar refractivity (Wildman–Crippen MR) is 64.1 cm³/mol. The molecule has 0 aromatic heterocycles. The Balaban J connectivity index is 3.73. The van der Waals surface area contributed by atoms with Crippen LogP contribution in [0, 0.1) is 0 Å². The molecular formula is C12H27NO2. The van der Waals surface area contributed by atoms with Gasteiger partial charge in [-0.25, -0.2) is 0 Å². The van der Waals surface area contributed by atoms with Gasteiger partial charge in [0, 0.05) is 12.1 Å². The molecule has 0 bridgehead atoms. The molecule has 0 aliphatic carbocycles. The Kier molecular flexibility index (Phi) is 7.14. The molecule has 15 heavy (non-hydrogen) atoms. The van der Waals surface area contributed by atoms with E-state index < -0.39 is 6.10 Å². The standard InChI is InChI=1S/C12H27NO2/c1-6-12(5,7-2)13-8-11(14)9-15-10(3)4/h10-11,13-14H,6-9H2,1-5H3. The molecule has 2 N–H and O–H groups in total. The maximum atomic E-state index is 9.66. The number of β-amino-alcohol motifs (C(OH)–C–C–N with tert-alkyl or cyclic N) is 1. The molecule has 92 valence electrons. The normalized spacial score (nSPS) is 14.6. The van der Waals surface area contributed by atoms with Crippen LogP contribution < -0.4 is 5.32 Å². The van der Waals surface area contributed by atoms with Crippen molar-refractivity contribution < 1.29 is 9.84 Å². The van der Waals surface area contributed by atoms with E-state index in [1.807, 2.05) is 13.8 Å². The smallest absolute Gasteiger partial charge is 0.0898 e. The van der Waals surface area contributed by atoms with Gasteiger partial charge in [-0.05, 0) is 33.6 Å². The first-order valence-corrected chi connectivity index (χ1v) is 5.98. The van der Waals surface area contributed by atoms with Gasteiger partial charge in [-0.15, -0.1) is 0 Å². The monoisotopic (exact) mass is 217 g/mol. The highest BCUT2D eigenvalue weighted by molar-refractivity contribution is 4.80. The van der Waals surface area contributed by atoms with Gasteiger partial charge >= 0.3 is 0 Å². The fourth-order valence-electron chi connectivity index (χ4n) is 1.23. The van der Waals surface area contributed by atoms with Crippen molar-refractivity contribution in [3.63, 3.8) is 0 Å². The molecule has 0 aliphatic rings. The van der Waals surface area contributed by atoms with Crippen molar-refractivity contribution in [2.75, 3.05) is 13.2 Å². The van der Waals surface area contributed by atoms with Gasteiger partial charge in [-0.1, -0.05) is 13.8 Å². The fraction of sp³-hybridized carbons (Fsp3) is 1.00. The van der Waals surface area contributed by atoms with Gasteiger partial charge in [-0.3, -0.25) is 0 Å². The van der Waals surface area contributed by atoms with Gasteiger partial charge in [0.15, 0.2) is 0 Å². The van der Waals surface area contributed by atoms with Crippen LogP contribution in [-0.4, -0.2) is 36.0 Å². The summed E-state index contributed by atoms with van der Waals surface area (Å²) >= 11 is 0. The largest absolute Gasteiger partial charge is 0.389 e. The van der Waals surface area contributed by atoms with Crippen molar-refractivity contribution in [1.82, 2.24) is 5.32 Å². The summed E-state index contributed by atoms with van der Waals surface area (Å²) in [5, 5.41) is 13.1. The zero-order valence-corrected chi connectivity index (χ0v) is 10.8. The van der Waals surface area contributed by atoms with Crippen molar-refractivity contribution >= 4 is 0 Å². The molecule has 0 spiro atoms. The van der Waals surface area contributed by atoms with E-state index in [2.05, 4.69) is 26.1 Å². The summed E-state index contributed by atoms with van der Waals surface area (Å²) < 4.78 is 5.35. The Labute approximate surface area is 94.2 Å². The molecule has 1 unspecified atom stereocenters. The van der Waals surface area contributed by atoms with Crippen LogP contribution in [-0.2, 0) is 4.74 Å². The van der Waals surface area contributed by atoms with Crippen LogP contribution in [0.5, 0.6) is 0 Å². The first-order chi connectivity index (χ1) is 6.93. The average Bonchev–Trinajstić information content (AvgIpc) is 2.23. The third-order valence-electron chi connectivity index (χ3n) is 2.95. The van der Waals surface area contributed by atoms with Gasteiger partial charge in [0.1, 0.15) is 0 Å². The van der Waals surface area contributed by atoms with Gasteiger partial charge in [0.2, 0.25) is 0 Å². The highest BCUT2D eigenvalue weighted by Crippen LogP contribution is 2.13. The minimum atomic E-state index is -0.412. The van der Waals surface area contributed by atoms with Gasteiger partial charge in [-0.2, -0.15) is 0 Å². The van der Waals surface area contributed by atoms with Gasteiger partial charge < -0.3 is 15.2 Å². The van der Waals surface area contributed by atoms with E-state index in [1.165, 1.54) is 0 Å². The number of nitrogens with one attached hydrogen (secondary N) is 1. The van der Waals surface area contributed by atoms with E-state index >= 15 is 0 Å². The molecule has 0 rings (SSSR count). The second-order valence-electron chi connectivity index (χ2n) is 4.68. The number of hydrogen-bond donors (Lipinski definition) is 2. The molecule has 0 saturated heterocycles. The molecule has 3 heteroatoms. The second kappa shape index (κ2) is 7.20. The van der Waals surface area contributed by atoms with Crippen molar-refractivity contribution in [2.24, 2.45) is 0 Å². The van der Waals surface area contributed by atoms with Crippen LogP contribution in [0.15, 0.2) is 0 Å². The lowest BCUT2D eigenvalue weighted by Crippen LogP contribution is -2.45. The molecule has 1 atom stereocenters. The molecule has 0 aromatic rings. The van der Waals surface area contributed by atoms with E-state index in [-0.39, 0.29) is 11.6 Å². The molecule has 0 fully saturated rings. The number of aliphatic hydroxyl groups is 1. The van der Waals surface area contributed by atoms with E-state index in [1.54, 1.807) is 0 Å². The molecule has 0 aromatic carbocycles. The Bertz CT molecular complexity index is 156. The minimum absolute atomic E-state index is 0.138. The number of aliphatic hydroxyl groups excluding tert-OH is 1. The first-order valence-electron chi connectivity index (χ1n) is 5.98. The summed E-state index contributed by atoms with van der Waals surface area (Å²) in [5.74, 6) is 0. The van der Waals surface area contributed by atoms with E-state index in [4.69, 9.17) is 4.74 Å². The Morgan fingerprint density at radius 3 is 2.20 bits per heavy atom. The maximum absolute atomic E-state index is 9.66. The van der Waals surface area contributed by atoms with Crippen LogP contribution in [0.1, 0.15) is 47.5 Å². The average molecular weight is 217 g/mol. The summed E-state index contributed by atoms with van der Waals surface area (Å²) in [6.45, 7) is 11.5. The summed E-state index contributed by atoms with van der Waals surface area (Å²) in [5.41, 5.74) is 0.138. The third kappa shape index (κ3) is 6.88. The van der Waals surface area contributed by atoms with Crippen molar-refractivity contribution in [2.45, 2.75) is 65.2 Å². The quantitative estimate of drug-likeness (QED) is 0.653. The molecular weight excluding hydrogens is 190 g/mol. The SMILES string of the molecule is CCC(C)(CC)NCC(O)COC(C)C. The van der Waals surface area contributed by atoms with Crippen LogP contribution >= 0.6 is 0 Å². The van der Waals surface area contributed by atoms with E-state index in [0.29, 0.717) is 13.2 Å². The Morgan fingerprint density at radius 1 is 1.27 bits per heavy atom. The highest BCUT2D eigenvalue weighted by Gasteiger charge is 2.19. The number of ether oxygens (including phenoxy) is 1. The summed E-state index contributed by atoms with van der Waals surface area (Å²) in [7, 11) is 0. The van der Waals surface area contributed by atoms with Crippen LogP contribution in [0.4, 0.5) is 0 Å². The third-order valence-corrected chi connectivity index (χ3v) is 2.95. The Hall–Kier alpha value is -0.120. The zero-order chi connectivity index (χ0) is 11.9. The molecule has 3 nitrogen and oxygen atoms in total. The molecule has 0 radical (unpaired) electrons. The summed E-state index contributed by atoms with van der Waals surface area (Å²) in [6, 6.07) is 0. The Morgan fingerprint density at radius 2 is 1.80 bits per heavy atom. The highest BCUT2D eigenvalue weighted by atomic mass is 16.5. The van der Waals surface area contributed by atoms with E-state index in [9.17, 15) is 5.11 Å². The minimum Gasteiger partial charge on any atom is -0.389 e. The van der Waals surface area contributed by atoms with Crippen molar-refractivity contribution in [1.29, 1.82) is 0 Å². The number of hydrogen-bond acceptors (Lipinski definition) is 3. The van der Waals surface area contributed by atoms with Crippen LogP contribution in [0.3, 0.4) is 0 Å².